The van der Waals surface area contributed by atoms with Gasteiger partial charge < -0.3 is 9.47 Å². The number of benzene rings is 1. The van der Waals surface area contributed by atoms with Crippen LogP contribution >= 0.6 is 0 Å². The molecule has 2 heterocycles. The minimum Gasteiger partial charge on any atom is -0.486 e. The molecule has 1 aromatic rings. The highest BCUT2D eigenvalue weighted by atomic mass is 16.6. The van der Waals surface area contributed by atoms with Gasteiger partial charge in [0, 0.05) is 6.42 Å². The van der Waals surface area contributed by atoms with Gasteiger partial charge in [-0.05, 0) is 24.1 Å². The van der Waals surface area contributed by atoms with E-state index in [1.165, 1.54) is 0 Å². The Balaban J connectivity index is 1.77. The van der Waals surface area contributed by atoms with Crippen LogP contribution in [0.3, 0.4) is 0 Å². The first-order chi connectivity index (χ1) is 8.72. The maximum absolute atomic E-state index is 11.5. The lowest BCUT2D eigenvalue weighted by molar-refractivity contribution is -0.125. The number of carbonyl (C=O) groups excluding carboxylic acids is 2. The van der Waals surface area contributed by atoms with Crippen molar-refractivity contribution in [3.05, 3.63) is 23.8 Å². The van der Waals surface area contributed by atoms with Crippen molar-refractivity contribution in [3.8, 4) is 11.5 Å². The lowest BCUT2D eigenvalue weighted by Crippen LogP contribution is -2.23. The summed E-state index contributed by atoms with van der Waals surface area (Å²) in [5, 5.41) is 2.32. The zero-order valence-corrected chi connectivity index (χ0v) is 9.77. The Bertz CT molecular complexity index is 512. The van der Waals surface area contributed by atoms with Crippen molar-refractivity contribution < 1.29 is 19.1 Å². The zero-order chi connectivity index (χ0) is 12.5. The van der Waals surface area contributed by atoms with Crippen molar-refractivity contribution in [2.45, 2.75) is 12.8 Å². The first kappa shape index (κ1) is 11.1. The largest absolute Gasteiger partial charge is 0.486 e. The fraction of sp³-hybridized carbons (Fsp3) is 0.385. The summed E-state index contributed by atoms with van der Waals surface area (Å²) in [4.78, 5) is 22.6. The molecule has 94 valence electrons. The average molecular weight is 247 g/mol. The van der Waals surface area contributed by atoms with Crippen LogP contribution in [0.5, 0.6) is 11.5 Å². The van der Waals surface area contributed by atoms with Crippen LogP contribution in [0.4, 0.5) is 0 Å². The molecule has 2 aliphatic heterocycles. The number of hydrogen-bond acceptors (Lipinski definition) is 4. The molecule has 0 aliphatic carbocycles. The second-order valence-electron chi connectivity index (χ2n) is 4.50. The van der Waals surface area contributed by atoms with Gasteiger partial charge in [-0.3, -0.25) is 14.9 Å². The molecular formula is C13H13NO4. The van der Waals surface area contributed by atoms with Crippen molar-refractivity contribution in [1.29, 1.82) is 0 Å². The molecule has 1 aromatic carbocycles. The highest BCUT2D eigenvalue weighted by Crippen LogP contribution is 2.32. The molecule has 2 aliphatic rings. The molecular weight excluding hydrogens is 234 g/mol. The van der Waals surface area contributed by atoms with Crippen LogP contribution in [-0.4, -0.2) is 25.0 Å². The summed E-state index contributed by atoms with van der Waals surface area (Å²) in [7, 11) is 0. The van der Waals surface area contributed by atoms with Gasteiger partial charge in [-0.25, -0.2) is 0 Å². The minimum absolute atomic E-state index is 0.185. The number of ether oxygens (including phenoxy) is 2. The molecule has 1 N–H and O–H groups in total. The summed E-state index contributed by atoms with van der Waals surface area (Å²) >= 11 is 0. The van der Waals surface area contributed by atoms with E-state index in [0.717, 1.165) is 11.3 Å². The Hall–Kier alpha value is -2.04. The van der Waals surface area contributed by atoms with Gasteiger partial charge in [0.1, 0.15) is 13.2 Å². The number of hydrogen-bond donors (Lipinski definition) is 1. The van der Waals surface area contributed by atoms with Crippen molar-refractivity contribution >= 4 is 11.8 Å². The molecule has 2 amide bonds. The number of rotatable bonds is 2. The van der Waals surface area contributed by atoms with Crippen LogP contribution < -0.4 is 14.8 Å². The van der Waals surface area contributed by atoms with Crippen molar-refractivity contribution in [2.75, 3.05) is 13.2 Å². The van der Waals surface area contributed by atoms with Crippen molar-refractivity contribution in [1.82, 2.24) is 5.32 Å². The third-order valence-corrected chi connectivity index (χ3v) is 3.15. The Morgan fingerprint density at radius 2 is 1.94 bits per heavy atom. The Labute approximate surface area is 104 Å². The Morgan fingerprint density at radius 3 is 2.67 bits per heavy atom. The summed E-state index contributed by atoms with van der Waals surface area (Å²) in [6, 6.07) is 5.63. The van der Waals surface area contributed by atoms with Crippen LogP contribution in [0.2, 0.25) is 0 Å². The second kappa shape index (κ2) is 4.33. The number of imide groups is 1. The van der Waals surface area contributed by atoms with Gasteiger partial charge in [0.15, 0.2) is 11.5 Å². The van der Waals surface area contributed by atoms with Gasteiger partial charge >= 0.3 is 0 Å². The van der Waals surface area contributed by atoms with Crippen LogP contribution in [0.25, 0.3) is 0 Å². The molecule has 0 bridgehead atoms. The normalized spacial score (nSPS) is 21.9. The van der Waals surface area contributed by atoms with E-state index in [2.05, 4.69) is 5.32 Å². The van der Waals surface area contributed by atoms with E-state index in [4.69, 9.17) is 9.47 Å². The van der Waals surface area contributed by atoms with Gasteiger partial charge in [0.2, 0.25) is 11.8 Å². The van der Waals surface area contributed by atoms with Crippen LogP contribution in [0, 0.1) is 5.92 Å². The number of carbonyl (C=O) groups is 2. The fourth-order valence-corrected chi connectivity index (χ4v) is 2.27. The highest BCUT2D eigenvalue weighted by Gasteiger charge is 2.30. The molecule has 0 saturated carbocycles. The smallest absolute Gasteiger partial charge is 0.230 e. The third-order valence-electron chi connectivity index (χ3n) is 3.15. The summed E-state index contributed by atoms with van der Waals surface area (Å²) in [6.07, 6.45) is 0.821. The standard InChI is InChI=1S/C13H13NO4/c15-12-7-9(13(16)14-12)5-8-1-2-10-11(6-8)18-4-3-17-10/h1-2,6,9H,3-5,7H2,(H,14,15,16). The molecule has 0 spiro atoms. The SMILES string of the molecule is O=C1CC(Cc2ccc3c(c2)OCCO3)C(=O)N1. The molecule has 5 nitrogen and oxygen atoms in total. The minimum atomic E-state index is -0.264. The van der Waals surface area contributed by atoms with Gasteiger partial charge in [0.05, 0.1) is 5.92 Å². The van der Waals surface area contributed by atoms with Crippen LogP contribution in [0.1, 0.15) is 12.0 Å². The number of amides is 2. The molecule has 1 saturated heterocycles. The molecule has 0 aromatic heterocycles. The van der Waals surface area contributed by atoms with Gasteiger partial charge in [0.25, 0.3) is 0 Å². The molecule has 1 atom stereocenters. The van der Waals surface area contributed by atoms with E-state index in [9.17, 15) is 9.59 Å². The molecule has 18 heavy (non-hydrogen) atoms. The van der Waals surface area contributed by atoms with Gasteiger partial charge in [-0.1, -0.05) is 6.07 Å². The summed E-state index contributed by atoms with van der Waals surface area (Å²) in [5.74, 6) is 0.804. The molecule has 1 fully saturated rings. The number of nitrogens with one attached hydrogen (secondary N) is 1. The Kier molecular flexibility index (Phi) is 2.66. The van der Waals surface area contributed by atoms with Gasteiger partial charge in [-0.2, -0.15) is 0 Å². The van der Waals surface area contributed by atoms with E-state index >= 15 is 0 Å². The lowest BCUT2D eigenvalue weighted by Gasteiger charge is -2.19. The lowest BCUT2D eigenvalue weighted by atomic mass is 9.97. The number of fused-ring (bicyclic) bond motifs is 1. The van der Waals surface area contributed by atoms with E-state index in [0.29, 0.717) is 25.4 Å². The van der Waals surface area contributed by atoms with E-state index in [1.54, 1.807) is 0 Å². The average Bonchev–Trinajstić information content (AvgIpc) is 2.68. The maximum atomic E-state index is 11.5. The van der Waals surface area contributed by atoms with Gasteiger partial charge in [-0.15, -0.1) is 0 Å². The van der Waals surface area contributed by atoms with E-state index in [1.807, 2.05) is 18.2 Å². The highest BCUT2D eigenvalue weighted by molar-refractivity contribution is 6.03. The summed E-state index contributed by atoms with van der Waals surface area (Å²) in [5.41, 5.74) is 0.981. The predicted molar refractivity (Wildman–Crippen MR) is 62.4 cm³/mol. The Morgan fingerprint density at radius 1 is 1.17 bits per heavy atom. The zero-order valence-electron chi connectivity index (χ0n) is 9.77. The monoisotopic (exact) mass is 247 g/mol. The predicted octanol–water partition coefficient (Wildman–Crippen LogP) is 0.663. The van der Waals surface area contributed by atoms with Crippen LogP contribution in [0.15, 0.2) is 18.2 Å². The fourth-order valence-electron chi connectivity index (χ4n) is 2.27. The van der Waals surface area contributed by atoms with E-state index in [-0.39, 0.29) is 24.2 Å². The third kappa shape index (κ3) is 2.03. The molecule has 5 heteroatoms. The second-order valence-corrected chi connectivity index (χ2v) is 4.50. The quantitative estimate of drug-likeness (QED) is 0.780. The molecule has 0 radical (unpaired) electrons. The van der Waals surface area contributed by atoms with E-state index < -0.39 is 0 Å². The topological polar surface area (TPSA) is 64.6 Å². The summed E-state index contributed by atoms with van der Waals surface area (Å²) < 4.78 is 10.9. The molecule has 3 rings (SSSR count). The summed E-state index contributed by atoms with van der Waals surface area (Å²) in [6.45, 7) is 1.10. The van der Waals surface area contributed by atoms with Crippen molar-refractivity contribution in [3.63, 3.8) is 0 Å². The van der Waals surface area contributed by atoms with Crippen LogP contribution in [-0.2, 0) is 16.0 Å². The first-order valence-corrected chi connectivity index (χ1v) is 5.94. The van der Waals surface area contributed by atoms with Crippen molar-refractivity contribution in [2.24, 2.45) is 5.92 Å². The molecule has 1 unspecified atom stereocenters. The first-order valence-electron chi connectivity index (χ1n) is 5.94. The maximum Gasteiger partial charge on any atom is 0.230 e.